The molecule has 0 atom stereocenters. The summed E-state index contributed by atoms with van der Waals surface area (Å²) in [5.41, 5.74) is 1.48. The summed E-state index contributed by atoms with van der Waals surface area (Å²) in [4.78, 5) is 14.2. The highest BCUT2D eigenvalue weighted by molar-refractivity contribution is 9.10. The molecule has 90 valence electrons. The van der Waals surface area contributed by atoms with Crippen molar-refractivity contribution in [3.05, 3.63) is 32.5 Å². The third-order valence-corrected chi connectivity index (χ3v) is 3.37. The number of rotatable bonds is 2. The molecule has 5 heteroatoms. The van der Waals surface area contributed by atoms with Gasteiger partial charge in [0.25, 0.3) is 0 Å². The zero-order chi connectivity index (χ0) is 12.6. The van der Waals surface area contributed by atoms with Gasteiger partial charge in [-0.1, -0.05) is 0 Å². The van der Waals surface area contributed by atoms with E-state index in [0.717, 1.165) is 20.9 Å². The number of hydrogen-bond donors (Lipinski definition) is 1. The molecule has 1 aromatic carbocycles. The SMILES string of the molecule is COc1cc2[nH]c(=O)cc(C)c2c(Br)c1OC. The van der Waals surface area contributed by atoms with E-state index in [-0.39, 0.29) is 5.56 Å². The highest BCUT2D eigenvalue weighted by Crippen LogP contribution is 2.41. The number of pyridine rings is 1. The summed E-state index contributed by atoms with van der Waals surface area (Å²) in [6, 6.07) is 3.31. The number of benzene rings is 1. The first kappa shape index (κ1) is 12.0. The Hall–Kier alpha value is -1.49. The maximum absolute atomic E-state index is 11.4. The maximum atomic E-state index is 11.4. The topological polar surface area (TPSA) is 51.3 Å². The van der Waals surface area contributed by atoms with E-state index >= 15 is 0 Å². The fraction of sp³-hybridized carbons (Fsp3) is 0.250. The van der Waals surface area contributed by atoms with Crippen molar-refractivity contribution >= 4 is 26.8 Å². The number of nitrogens with one attached hydrogen (secondary N) is 1. The Labute approximate surface area is 107 Å². The van der Waals surface area contributed by atoms with Crippen molar-refractivity contribution in [3.8, 4) is 11.5 Å². The maximum Gasteiger partial charge on any atom is 0.248 e. The van der Waals surface area contributed by atoms with Crippen LogP contribution < -0.4 is 15.0 Å². The van der Waals surface area contributed by atoms with Gasteiger partial charge in [-0.3, -0.25) is 4.79 Å². The van der Waals surface area contributed by atoms with Crippen LogP contribution in [-0.2, 0) is 0 Å². The van der Waals surface area contributed by atoms with Gasteiger partial charge in [-0.05, 0) is 28.4 Å². The molecule has 2 rings (SSSR count). The summed E-state index contributed by atoms with van der Waals surface area (Å²) in [5, 5.41) is 0.919. The van der Waals surface area contributed by atoms with Gasteiger partial charge in [0.2, 0.25) is 5.56 Å². The number of aromatic nitrogens is 1. The van der Waals surface area contributed by atoms with Gasteiger partial charge in [0.1, 0.15) is 0 Å². The van der Waals surface area contributed by atoms with Gasteiger partial charge >= 0.3 is 0 Å². The van der Waals surface area contributed by atoms with E-state index in [1.807, 2.05) is 6.92 Å². The lowest BCUT2D eigenvalue weighted by molar-refractivity contribution is 0.354. The molecule has 1 N–H and O–H groups in total. The average Bonchev–Trinajstić information content (AvgIpc) is 2.27. The molecule has 17 heavy (non-hydrogen) atoms. The highest BCUT2D eigenvalue weighted by Gasteiger charge is 2.15. The summed E-state index contributed by atoms with van der Waals surface area (Å²) in [6.45, 7) is 1.88. The molecule has 2 aromatic rings. The fourth-order valence-electron chi connectivity index (χ4n) is 1.87. The highest BCUT2D eigenvalue weighted by atomic mass is 79.9. The first-order chi connectivity index (χ1) is 8.08. The normalized spacial score (nSPS) is 10.6. The van der Waals surface area contributed by atoms with E-state index < -0.39 is 0 Å². The van der Waals surface area contributed by atoms with Crippen LogP contribution in [0.4, 0.5) is 0 Å². The van der Waals surface area contributed by atoms with Crippen molar-refractivity contribution in [2.75, 3.05) is 14.2 Å². The van der Waals surface area contributed by atoms with Gasteiger partial charge in [-0.15, -0.1) is 0 Å². The summed E-state index contributed by atoms with van der Waals surface area (Å²) < 4.78 is 11.3. The van der Waals surface area contributed by atoms with Crippen molar-refractivity contribution < 1.29 is 9.47 Å². The lowest BCUT2D eigenvalue weighted by Crippen LogP contribution is -2.06. The van der Waals surface area contributed by atoms with Crippen molar-refractivity contribution in [2.45, 2.75) is 6.92 Å². The van der Waals surface area contributed by atoms with Crippen LogP contribution in [0.5, 0.6) is 11.5 Å². The van der Waals surface area contributed by atoms with E-state index in [9.17, 15) is 4.79 Å². The molecule has 0 spiro atoms. The summed E-state index contributed by atoms with van der Waals surface area (Å²) in [7, 11) is 3.14. The third-order valence-electron chi connectivity index (χ3n) is 2.61. The standard InChI is InChI=1S/C12H12BrNO3/c1-6-4-9(15)14-7-5-8(16-2)12(17-3)11(13)10(6)7/h4-5H,1-3H3,(H,14,15). The first-order valence-corrected chi connectivity index (χ1v) is 5.82. The van der Waals surface area contributed by atoms with Crippen LogP contribution >= 0.6 is 15.9 Å². The molecular weight excluding hydrogens is 286 g/mol. The molecule has 0 aliphatic carbocycles. The van der Waals surface area contributed by atoms with Gasteiger partial charge in [-0.2, -0.15) is 0 Å². The van der Waals surface area contributed by atoms with E-state index in [4.69, 9.17) is 9.47 Å². The zero-order valence-electron chi connectivity index (χ0n) is 9.76. The van der Waals surface area contributed by atoms with Crippen molar-refractivity contribution in [2.24, 2.45) is 0 Å². The third kappa shape index (κ3) is 1.91. The molecule has 1 heterocycles. The fourth-order valence-corrected chi connectivity index (χ4v) is 2.76. The number of hydrogen-bond acceptors (Lipinski definition) is 3. The van der Waals surface area contributed by atoms with Gasteiger partial charge in [0.15, 0.2) is 11.5 Å². The molecule has 0 aliphatic heterocycles. The molecule has 1 aromatic heterocycles. The van der Waals surface area contributed by atoms with E-state index in [1.165, 1.54) is 0 Å². The van der Waals surface area contributed by atoms with Gasteiger partial charge in [0, 0.05) is 17.5 Å². The summed E-state index contributed by atoms with van der Waals surface area (Å²) >= 11 is 3.48. The number of aromatic amines is 1. The van der Waals surface area contributed by atoms with Gasteiger partial charge in [-0.25, -0.2) is 0 Å². The number of halogens is 1. The molecule has 0 radical (unpaired) electrons. The largest absolute Gasteiger partial charge is 0.493 e. The molecule has 0 amide bonds. The molecule has 0 aliphatic rings. The number of ether oxygens (including phenoxy) is 2. The van der Waals surface area contributed by atoms with E-state index in [2.05, 4.69) is 20.9 Å². The van der Waals surface area contributed by atoms with Crippen LogP contribution in [0.1, 0.15) is 5.56 Å². The van der Waals surface area contributed by atoms with Crippen LogP contribution in [0, 0.1) is 6.92 Å². The Morgan fingerprint density at radius 2 is 1.94 bits per heavy atom. The first-order valence-electron chi connectivity index (χ1n) is 5.02. The Bertz CT molecular complexity index is 634. The van der Waals surface area contributed by atoms with Crippen LogP contribution in [0.2, 0.25) is 0 Å². The molecule has 0 saturated carbocycles. The lowest BCUT2D eigenvalue weighted by atomic mass is 10.1. The molecule has 4 nitrogen and oxygen atoms in total. The van der Waals surface area contributed by atoms with Gasteiger partial charge in [0.05, 0.1) is 24.2 Å². The Kier molecular flexibility index (Phi) is 3.11. The van der Waals surface area contributed by atoms with E-state index in [0.29, 0.717) is 11.5 Å². The number of methoxy groups -OCH3 is 2. The van der Waals surface area contributed by atoms with Crippen molar-refractivity contribution in [1.29, 1.82) is 0 Å². The van der Waals surface area contributed by atoms with Crippen molar-refractivity contribution in [1.82, 2.24) is 4.98 Å². The molecular formula is C12H12BrNO3. The Balaban J connectivity index is 2.95. The predicted molar refractivity (Wildman–Crippen MR) is 70.1 cm³/mol. The Morgan fingerprint density at radius 1 is 1.24 bits per heavy atom. The van der Waals surface area contributed by atoms with Crippen LogP contribution in [0.3, 0.4) is 0 Å². The molecule has 0 fully saturated rings. The minimum atomic E-state index is -0.130. The van der Waals surface area contributed by atoms with Crippen LogP contribution in [0.25, 0.3) is 10.9 Å². The monoisotopic (exact) mass is 297 g/mol. The molecule has 0 saturated heterocycles. The minimum absolute atomic E-state index is 0.130. The number of H-pyrrole nitrogens is 1. The number of aryl methyl sites for hydroxylation is 1. The van der Waals surface area contributed by atoms with E-state index in [1.54, 1.807) is 26.4 Å². The smallest absolute Gasteiger partial charge is 0.248 e. The second-order valence-corrected chi connectivity index (χ2v) is 4.46. The zero-order valence-corrected chi connectivity index (χ0v) is 11.3. The quantitative estimate of drug-likeness (QED) is 0.927. The summed E-state index contributed by atoms with van der Waals surface area (Å²) in [5.74, 6) is 1.20. The lowest BCUT2D eigenvalue weighted by Gasteiger charge is -2.13. The number of fused-ring (bicyclic) bond motifs is 1. The van der Waals surface area contributed by atoms with Crippen LogP contribution in [0.15, 0.2) is 21.4 Å². The molecule has 0 unspecified atom stereocenters. The van der Waals surface area contributed by atoms with Crippen LogP contribution in [-0.4, -0.2) is 19.2 Å². The second-order valence-electron chi connectivity index (χ2n) is 3.67. The van der Waals surface area contributed by atoms with Gasteiger partial charge < -0.3 is 14.5 Å². The Morgan fingerprint density at radius 3 is 2.53 bits per heavy atom. The average molecular weight is 298 g/mol. The summed E-state index contributed by atoms with van der Waals surface area (Å²) in [6.07, 6.45) is 0. The van der Waals surface area contributed by atoms with Crippen molar-refractivity contribution in [3.63, 3.8) is 0 Å². The molecule has 0 bridgehead atoms. The second kappa shape index (κ2) is 4.41. The minimum Gasteiger partial charge on any atom is -0.493 e. The predicted octanol–water partition coefficient (Wildman–Crippen LogP) is 2.62.